The number of methoxy groups -OCH3 is 1. The van der Waals surface area contributed by atoms with Crippen LogP contribution in [0.5, 0.6) is 5.75 Å². The molecular weight excluding hydrogens is 556 g/mol. The molecule has 1 amide bonds. The Hall–Kier alpha value is -3.97. The number of fused-ring (bicyclic) bond motifs is 1. The summed E-state index contributed by atoms with van der Waals surface area (Å²) in [5.74, 6) is 0.424. The van der Waals surface area contributed by atoms with Gasteiger partial charge in [0, 0.05) is 24.8 Å². The van der Waals surface area contributed by atoms with Crippen molar-refractivity contribution in [2.24, 2.45) is 0 Å². The minimum atomic E-state index is -4.13. The zero-order valence-corrected chi connectivity index (χ0v) is 23.1. The average molecular weight is 583 g/mol. The van der Waals surface area contributed by atoms with Gasteiger partial charge in [0.25, 0.3) is 10.0 Å². The van der Waals surface area contributed by atoms with E-state index in [1.807, 2.05) is 11.0 Å². The van der Waals surface area contributed by atoms with Crippen molar-refractivity contribution >= 4 is 61.6 Å². The van der Waals surface area contributed by atoms with Crippen molar-refractivity contribution in [3.63, 3.8) is 0 Å². The Morgan fingerprint density at radius 3 is 2.45 bits per heavy atom. The third-order valence-corrected chi connectivity index (χ3v) is 7.79. The molecule has 0 spiro atoms. The average Bonchev–Trinajstić information content (AvgIpc) is 2.95. The quantitative estimate of drug-likeness (QED) is 0.266. The molecule has 5 rings (SSSR count). The van der Waals surface area contributed by atoms with Gasteiger partial charge in [0.2, 0.25) is 5.91 Å². The van der Waals surface area contributed by atoms with Crippen LogP contribution in [-0.4, -0.2) is 69.2 Å². The molecule has 2 heterocycles. The second-order valence-electron chi connectivity index (χ2n) is 8.95. The highest BCUT2D eigenvalue weighted by Crippen LogP contribution is 2.33. The number of para-hydroxylation sites is 2. The van der Waals surface area contributed by atoms with Gasteiger partial charge in [-0.25, -0.2) is 18.4 Å². The van der Waals surface area contributed by atoms with Gasteiger partial charge in [-0.05, 0) is 42.5 Å². The number of amides is 1. The molecule has 0 radical (unpaired) electrons. The number of ether oxygens (including phenoxy) is 2. The van der Waals surface area contributed by atoms with E-state index in [0.29, 0.717) is 59.5 Å². The van der Waals surface area contributed by atoms with Crippen molar-refractivity contribution in [2.45, 2.75) is 4.90 Å². The number of aromatic nitrogens is 2. The monoisotopic (exact) mass is 582 g/mol. The van der Waals surface area contributed by atoms with Crippen molar-refractivity contribution in [3.05, 3.63) is 71.8 Å². The number of carbonyl (C=O) groups is 1. The Labute approximate surface area is 236 Å². The molecule has 0 aliphatic carbocycles. The Morgan fingerprint density at radius 2 is 1.73 bits per heavy atom. The smallest absolute Gasteiger partial charge is 0.263 e. The van der Waals surface area contributed by atoms with Crippen LogP contribution in [0, 0.1) is 0 Å². The van der Waals surface area contributed by atoms with Gasteiger partial charge < -0.3 is 20.1 Å². The Balaban J connectivity index is 1.41. The molecule has 1 saturated heterocycles. The number of nitrogens with zero attached hydrogens (tertiary/aromatic N) is 3. The topological polar surface area (TPSA) is 135 Å². The number of benzene rings is 3. The van der Waals surface area contributed by atoms with Crippen molar-refractivity contribution in [3.8, 4) is 5.75 Å². The van der Waals surface area contributed by atoms with Gasteiger partial charge in [-0.3, -0.25) is 14.4 Å². The van der Waals surface area contributed by atoms with Gasteiger partial charge in [-0.2, -0.15) is 0 Å². The number of nitrogens with one attached hydrogen (secondary N) is 3. The van der Waals surface area contributed by atoms with Crippen LogP contribution in [-0.2, 0) is 19.6 Å². The van der Waals surface area contributed by atoms with Gasteiger partial charge in [0.05, 0.1) is 53.5 Å². The summed E-state index contributed by atoms with van der Waals surface area (Å²) in [6.45, 7) is 2.66. The summed E-state index contributed by atoms with van der Waals surface area (Å²) in [5.41, 5.74) is 1.85. The SMILES string of the molecule is COc1ccc(Cl)c(Nc2nc3ccccc3nc2NS(=O)(=O)c2cccc(NC(=O)CN3CCOCC3)c2)c1. The first-order valence-corrected chi connectivity index (χ1v) is 14.3. The van der Waals surface area contributed by atoms with Gasteiger partial charge in [0.15, 0.2) is 11.6 Å². The van der Waals surface area contributed by atoms with Gasteiger partial charge in [-0.1, -0.05) is 29.8 Å². The number of morpholine rings is 1. The maximum Gasteiger partial charge on any atom is 0.263 e. The van der Waals surface area contributed by atoms with Gasteiger partial charge in [-0.15, -0.1) is 0 Å². The summed E-state index contributed by atoms with van der Waals surface area (Å²) in [5, 5.41) is 6.22. The molecule has 13 heteroatoms. The summed E-state index contributed by atoms with van der Waals surface area (Å²) in [6, 6.07) is 18.1. The maximum absolute atomic E-state index is 13.5. The first-order chi connectivity index (χ1) is 19.3. The fraction of sp³-hybridized carbons (Fsp3) is 0.222. The lowest BCUT2D eigenvalue weighted by atomic mass is 10.3. The molecule has 0 unspecified atom stereocenters. The van der Waals surface area contributed by atoms with Crippen LogP contribution < -0.4 is 20.1 Å². The van der Waals surface area contributed by atoms with E-state index in [0.717, 1.165) is 0 Å². The van der Waals surface area contributed by atoms with E-state index in [9.17, 15) is 13.2 Å². The zero-order valence-electron chi connectivity index (χ0n) is 21.6. The number of anilines is 4. The number of rotatable bonds is 9. The predicted molar refractivity (Wildman–Crippen MR) is 154 cm³/mol. The molecule has 0 saturated carbocycles. The number of halogens is 1. The lowest BCUT2D eigenvalue weighted by Gasteiger charge is -2.25. The van der Waals surface area contributed by atoms with Crippen molar-refractivity contribution < 1.29 is 22.7 Å². The summed E-state index contributed by atoms with van der Waals surface area (Å²) in [4.78, 5) is 23.6. The van der Waals surface area contributed by atoms with E-state index in [1.165, 1.54) is 19.2 Å². The number of carbonyl (C=O) groups excluding carboxylic acids is 1. The van der Waals surface area contributed by atoms with E-state index in [4.69, 9.17) is 21.1 Å². The Morgan fingerprint density at radius 1 is 1.00 bits per heavy atom. The van der Waals surface area contributed by atoms with Crippen LogP contribution in [0.2, 0.25) is 5.02 Å². The first kappa shape index (κ1) is 27.6. The zero-order chi connectivity index (χ0) is 28.1. The molecule has 0 atom stereocenters. The lowest BCUT2D eigenvalue weighted by molar-refractivity contribution is -0.118. The third-order valence-electron chi connectivity index (χ3n) is 6.13. The molecule has 208 valence electrons. The molecular formula is C27H27ClN6O5S. The first-order valence-electron chi connectivity index (χ1n) is 12.4. The minimum absolute atomic E-state index is 0.0284. The van der Waals surface area contributed by atoms with Crippen molar-refractivity contribution in [1.82, 2.24) is 14.9 Å². The molecule has 4 aromatic rings. The standard InChI is InChI=1S/C27H27ClN6O5S/c1-38-19-9-10-21(28)24(16-19)32-26-27(31-23-8-3-2-7-22(23)30-26)33-40(36,37)20-6-4-5-18(15-20)29-25(35)17-34-11-13-39-14-12-34/h2-10,15-16H,11-14,17H2,1H3,(H,29,35)(H,30,32)(H,31,33). The fourth-order valence-electron chi connectivity index (χ4n) is 4.10. The number of sulfonamides is 1. The molecule has 3 N–H and O–H groups in total. The summed E-state index contributed by atoms with van der Waals surface area (Å²) in [6.07, 6.45) is 0. The van der Waals surface area contributed by atoms with Crippen molar-refractivity contribution in [1.29, 1.82) is 0 Å². The van der Waals surface area contributed by atoms with Crippen LogP contribution in [0.15, 0.2) is 71.6 Å². The largest absolute Gasteiger partial charge is 0.497 e. The molecule has 1 aliphatic heterocycles. The molecule has 11 nitrogen and oxygen atoms in total. The van der Waals surface area contributed by atoms with Crippen LogP contribution in [0.3, 0.4) is 0 Å². The Bertz CT molecular complexity index is 1650. The summed E-state index contributed by atoms with van der Waals surface area (Å²) < 4.78 is 40.1. The van der Waals surface area contributed by atoms with Crippen LogP contribution >= 0.6 is 11.6 Å². The highest BCUT2D eigenvalue weighted by atomic mass is 35.5. The van der Waals surface area contributed by atoms with Gasteiger partial charge >= 0.3 is 0 Å². The van der Waals surface area contributed by atoms with E-state index in [-0.39, 0.29) is 29.0 Å². The second kappa shape index (κ2) is 12.0. The summed E-state index contributed by atoms with van der Waals surface area (Å²) in [7, 11) is -2.60. The molecule has 0 bridgehead atoms. The molecule has 3 aromatic carbocycles. The van der Waals surface area contributed by atoms with Gasteiger partial charge in [0.1, 0.15) is 5.75 Å². The normalized spacial score (nSPS) is 14.1. The van der Waals surface area contributed by atoms with E-state index < -0.39 is 10.0 Å². The highest BCUT2D eigenvalue weighted by Gasteiger charge is 2.21. The predicted octanol–water partition coefficient (Wildman–Crippen LogP) is 4.11. The molecule has 1 aliphatic rings. The van der Waals surface area contributed by atoms with E-state index in [2.05, 4.69) is 25.3 Å². The maximum atomic E-state index is 13.5. The highest BCUT2D eigenvalue weighted by molar-refractivity contribution is 7.92. The van der Waals surface area contributed by atoms with Crippen molar-refractivity contribution in [2.75, 3.05) is 55.3 Å². The minimum Gasteiger partial charge on any atom is -0.497 e. The third kappa shape index (κ3) is 6.59. The molecule has 1 aromatic heterocycles. The number of hydrogen-bond donors (Lipinski definition) is 3. The van der Waals surface area contributed by atoms with E-state index >= 15 is 0 Å². The Kier molecular flexibility index (Phi) is 8.31. The second-order valence-corrected chi connectivity index (χ2v) is 11.0. The number of hydrogen-bond acceptors (Lipinski definition) is 9. The van der Waals surface area contributed by atoms with Crippen LogP contribution in [0.1, 0.15) is 0 Å². The summed E-state index contributed by atoms with van der Waals surface area (Å²) >= 11 is 6.37. The lowest BCUT2D eigenvalue weighted by Crippen LogP contribution is -2.41. The fourth-order valence-corrected chi connectivity index (χ4v) is 5.32. The molecule has 1 fully saturated rings. The van der Waals surface area contributed by atoms with E-state index in [1.54, 1.807) is 48.5 Å². The molecule has 40 heavy (non-hydrogen) atoms. The van der Waals surface area contributed by atoms with Crippen LogP contribution in [0.4, 0.5) is 23.0 Å². The van der Waals surface area contributed by atoms with Crippen LogP contribution in [0.25, 0.3) is 11.0 Å².